The molecular formula is C94H65B2N3S2. The van der Waals surface area contributed by atoms with Crippen LogP contribution in [0.4, 0.5) is 51.2 Å². The smallest absolute Gasteiger partial charge is 0.253 e. The first-order valence-electron chi connectivity index (χ1n) is 41.4. The zero-order valence-electron chi connectivity index (χ0n) is 70.0. The lowest BCUT2D eigenvalue weighted by atomic mass is 9.30. The van der Waals surface area contributed by atoms with E-state index in [1.807, 2.05) is 284 Å². The maximum absolute atomic E-state index is 12.0. The van der Waals surface area contributed by atoms with Crippen LogP contribution in [0.3, 0.4) is 0 Å². The molecule has 474 valence electrons. The molecule has 0 aliphatic carbocycles. The van der Waals surface area contributed by atoms with Gasteiger partial charge in [0, 0.05) is 81.6 Å². The van der Waals surface area contributed by atoms with Gasteiger partial charge in [-0.1, -0.05) is 323 Å². The van der Waals surface area contributed by atoms with Gasteiger partial charge in [0.25, 0.3) is 13.4 Å². The molecule has 101 heavy (non-hydrogen) atoms. The summed E-state index contributed by atoms with van der Waals surface area (Å²) >= 11 is 2.54. The summed E-state index contributed by atoms with van der Waals surface area (Å²) < 4.78 is 160. The number of fused-ring (bicyclic) bond motifs is 5. The van der Waals surface area contributed by atoms with Crippen LogP contribution in [0.15, 0.2) is 359 Å². The average Bonchev–Trinajstić information content (AvgIpc) is 0.657. The zero-order chi connectivity index (χ0) is 80.1. The highest BCUT2D eigenvalue weighted by Crippen LogP contribution is 2.57. The van der Waals surface area contributed by atoms with E-state index in [2.05, 4.69) is 0 Å². The van der Waals surface area contributed by atoms with Crippen molar-refractivity contribution in [3.05, 3.63) is 345 Å². The third-order valence-electron chi connectivity index (χ3n) is 20.0. The molecule has 0 saturated heterocycles. The summed E-state index contributed by atoms with van der Waals surface area (Å²) in [6.45, 7) is 3.38. The normalized spacial score (nSPS) is 15.4. The second-order valence-electron chi connectivity index (χ2n) is 26.9. The van der Waals surface area contributed by atoms with Crippen LogP contribution in [-0.2, 0) is 5.41 Å². The van der Waals surface area contributed by atoms with Crippen LogP contribution >= 0.6 is 23.5 Å². The quantitative estimate of drug-likeness (QED) is 0.126. The minimum Gasteiger partial charge on any atom is -0.311 e. The van der Waals surface area contributed by atoms with E-state index in [0.29, 0.717) is 131 Å². The first-order chi connectivity index (χ1) is 56.1. The van der Waals surface area contributed by atoms with Gasteiger partial charge in [0.2, 0.25) is 0 Å². The average molecular weight is 1340 g/mol. The summed E-state index contributed by atoms with van der Waals surface area (Å²) in [7, 11) is 0. The lowest BCUT2D eigenvalue weighted by molar-refractivity contribution is 0.590. The highest BCUT2D eigenvalue weighted by Gasteiger charge is 2.53. The van der Waals surface area contributed by atoms with Crippen LogP contribution in [0.2, 0.25) is 0 Å². The fourth-order valence-electron chi connectivity index (χ4n) is 15.5. The van der Waals surface area contributed by atoms with Crippen LogP contribution in [0.25, 0.3) is 77.9 Å². The Morgan fingerprint density at radius 2 is 0.683 bits per heavy atom. The Morgan fingerprint density at radius 1 is 0.287 bits per heavy atom. The predicted octanol–water partition coefficient (Wildman–Crippen LogP) is 22.0. The van der Waals surface area contributed by atoms with E-state index in [1.165, 1.54) is 23.5 Å². The van der Waals surface area contributed by atoms with Crippen molar-refractivity contribution in [3.8, 4) is 77.9 Å². The topological polar surface area (TPSA) is 9.72 Å². The molecule has 0 N–H and O–H groups in total. The fourth-order valence-corrected chi connectivity index (χ4v) is 18.1. The summed E-state index contributed by atoms with van der Waals surface area (Å²) in [5, 5.41) is 0. The van der Waals surface area contributed by atoms with E-state index in [9.17, 15) is 19.2 Å². The zero-order valence-corrected chi connectivity index (χ0v) is 56.6. The third kappa shape index (κ3) is 9.54. The van der Waals surface area contributed by atoms with Crippen molar-refractivity contribution in [1.82, 2.24) is 0 Å². The Morgan fingerprint density at radius 3 is 1.15 bits per heavy atom. The van der Waals surface area contributed by atoms with E-state index in [4.69, 9.17) is 1.37 Å². The molecule has 0 saturated carbocycles. The molecule has 5 aliphatic rings. The largest absolute Gasteiger partial charge is 0.311 e. The number of para-hydroxylation sites is 3. The van der Waals surface area contributed by atoms with Crippen molar-refractivity contribution in [2.24, 2.45) is 0 Å². The molecule has 0 amide bonds. The maximum Gasteiger partial charge on any atom is 0.253 e. The van der Waals surface area contributed by atoms with Crippen LogP contribution in [0.5, 0.6) is 0 Å². The maximum atomic E-state index is 12.0. The molecule has 0 fully saturated rings. The summed E-state index contributed by atoms with van der Waals surface area (Å²) in [5.41, 5.74) is 11.0. The van der Waals surface area contributed by atoms with Gasteiger partial charge in [-0.3, -0.25) is 0 Å². The lowest BCUT2D eigenvalue weighted by Crippen LogP contribution is -2.67. The van der Waals surface area contributed by atoms with Crippen molar-refractivity contribution >= 4 is 121 Å². The Labute approximate surface area is 621 Å². The van der Waals surface area contributed by atoms with E-state index < -0.39 is 78.3 Å². The molecule has 0 unspecified atom stereocenters. The Bertz CT molecular complexity index is 6600. The first kappa shape index (κ1) is 46.0. The standard InChI is InChI=1S/C94H65B2N3S2/c1-94(2,3)70-57-80-86-81(58-70)99(92-74(65-40-22-9-23-41-65)48-29-49-75(92)66-42-24-10-25-43-66)82-59-85-90-93(89(82)95(86)76-51-50-67(60-30-12-4-13-31-60)52-77(76)98(80)91-72(63-36-18-7-19-37-63)46-28-47-73(91)64-38-20-8-21-39-64)101-84-56-69(62-34-16-6-17-35-62)54-79-88(84)96(90)87-78(97(79)71-44-26-11-27-45-71)53-68(55-83(87)100-85)61-32-14-5-15-33-61/h4-59H,1-3H3/i4D,12D,13D,30D,31D,50D,51D,52D,53D,54D,55D,56D,57D,58D,59D. The molecule has 0 spiro atoms. The highest BCUT2D eigenvalue weighted by molar-refractivity contribution is 8.01. The van der Waals surface area contributed by atoms with Crippen molar-refractivity contribution in [2.75, 3.05) is 14.7 Å². The number of anilines is 9. The molecule has 20 rings (SSSR count). The highest BCUT2D eigenvalue weighted by atomic mass is 32.2. The number of rotatable bonds is 10. The van der Waals surface area contributed by atoms with Crippen LogP contribution in [0.1, 0.15) is 46.9 Å². The molecule has 5 aliphatic heterocycles. The molecule has 0 aromatic heterocycles. The summed E-state index contributed by atoms with van der Waals surface area (Å²) in [5.74, 6) is 0. The monoisotopic (exact) mass is 1340 g/mol. The lowest BCUT2D eigenvalue weighted by Gasteiger charge is -2.49. The van der Waals surface area contributed by atoms with Gasteiger partial charge in [-0.05, 0) is 160 Å². The van der Waals surface area contributed by atoms with Gasteiger partial charge in [0.15, 0.2) is 0 Å². The molecule has 0 radical (unpaired) electrons. The molecular weight excluding hydrogens is 1260 g/mol. The van der Waals surface area contributed by atoms with Gasteiger partial charge in [0.1, 0.15) is 0 Å². The number of hydrogen-bond donors (Lipinski definition) is 0. The molecule has 15 aromatic rings. The van der Waals surface area contributed by atoms with Gasteiger partial charge >= 0.3 is 0 Å². The van der Waals surface area contributed by atoms with E-state index >= 15 is 0 Å². The Kier molecular flexibility index (Phi) is 10.7. The number of benzene rings is 15. The van der Waals surface area contributed by atoms with Crippen LogP contribution in [0, 0.1) is 0 Å². The fraction of sp³-hybridized carbons (Fsp3) is 0.0426. The van der Waals surface area contributed by atoms with Crippen molar-refractivity contribution in [2.45, 2.75) is 45.8 Å². The minimum absolute atomic E-state index is 0.00829. The van der Waals surface area contributed by atoms with Gasteiger partial charge < -0.3 is 14.7 Å². The molecule has 0 bridgehead atoms. The Hall–Kier alpha value is -11.5. The molecule has 15 aromatic carbocycles. The van der Waals surface area contributed by atoms with Crippen LogP contribution in [-0.4, -0.2) is 13.4 Å². The number of nitrogens with zero attached hydrogens (tertiary/aromatic N) is 3. The summed E-state index contributed by atoms with van der Waals surface area (Å²) in [6.07, 6.45) is 0. The SMILES string of the molecule is [2H]c1c([2H])c([2H])c(-c2c([2H])c([2H])c3c(c2[2H])N(c2c(-c4ccccc4)cccc2-c2ccccc2)c2c([2H])c(C(C)(C)C)c([2H])c4c2B3c2c3c5c(c([2H])c2N4c2c(-c4ccccc4)cccc2-c2ccccc2)Sc2c([2H])c(-c4ccccc4)c([2H])c4c2B5c2c(c([2H])c(-c5ccccc5)c([2H])c2N4c2ccccc2)S3)c([2H])c1[2H]. The minimum atomic E-state index is -1.46. The number of hydrogen-bond acceptors (Lipinski definition) is 5. The van der Waals surface area contributed by atoms with Crippen LogP contribution < -0.4 is 47.5 Å². The third-order valence-corrected chi connectivity index (χ3v) is 22.2. The van der Waals surface area contributed by atoms with E-state index in [-0.39, 0.29) is 76.1 Å². The van der Waals surface area contributed by atoms with Gasteiger partial charge in [-0.15, -0.1) is 0 Å². The van der Waals surface area contributed by atoms with E-state index in [0.717, 1.165) is 11.1 Å². The molecule has 3 nitrogen and oxygen atoms in total. The van der Waals surface area contributed by atoms with Crippen molar-refractivity contribution < 1.29 is 20.6 Å². The van der Waals surface area contributed by atoms with Gasteiger partial charge in [-0.2, -0.15) is 0 Å². The Balaban J connectivity index is 1.05. The molecule has 0 atom stereocenters. The predicted molar refractivity (Wildman–Crippen MR) is 431 cm³/mol. The second kappa shape index (κ2) is 23.6. The first-order valence-corrected chi connectivity index (χ1v) is 35.6. The van der Waals surface area contributed by atoms with Crippen molar-refractivity contribution in [1.29, 1.82) is 0 Å². The summed E-state index contributed by atoms with van der Waals surface area (Å²) in [6, 6.07) is 74.2. The van der Waals surface area contributed by atoms with Gasteiger partial charge in [0.05, 0.1) is 31.9 Å². The second-order valence-corrected chi connectivity index (χ2v) is 28.9. The summed E-state index contributed by atoms with van der Waals surface area (Å²) in [4.78, 5) is 7.63. The van der Waals surface area contributed by atoms with Gasteiger partial charge in [-0.25, -0.2) is 0 Å². The van der Waals surface area contributed by atoms with E-state index in [1.54, 1.807) is 0 Å². The van der Waals surface area contributed by atoms with Crippen molar-refractivity contribution in [3.63, 3.8) is 0 Å². The molecule has 5 heterocycles. The molecule has 7 heteroatoms.